The van der Waals surface area contributed by atoms with Crippen LogP contribution in [0.2, 0.25) is 0 Å². The van der Waals surface area contributed by atoms with Crippen LogP contribution in [0, 0.1) is 12.8 Å². The van der Waals surface area contributed by atoms with E-state index in [0.717, 1.165) is 31.8 Å². The van der Waals surface area contributed by atoms with E-state index < -0.39 is 0 Å². The first kappa shape index (κ1) is 13.1. The fourth-order valence-corrected chi connectivity index (χ4v) is 2.63. The predicted molar refractivity (Wildman–Crippen MR) is 70.6 cm³/mol. The topological polar surface area (TPSA) is 45.5 Å². The maximum Gasteiger partial charge on any atom is 0.257 e. The number of nitrogens with one attached hydrogen (secondary N) is 1. The van der Waals surface area contributed by atoms with Crippen LogP contribution in [0.3, 0.4) is 0 Å². The SMILES string of the molecule is CCNC1CCN(C(=O)c2coc(C)c2)CC1C. The van der Waals surface area contributed by atoms with Gasteiger partial charge in [0.25, 0.3) is 5.91 Å². The molecule has 1 amide bonds. The standard InChI is InChI=1S/C14H22N2O2/c1-4-15-13-5-6-16(8-10(13)2)14(17)12-7-11(3)18-9-12/h7,9-10,13,15H,4-6,8H2,1-3H3. The molecule has 4 nitrogen and oxygen atoms in total. The minimum Gasteiger partial charge on any atom is -0.469 e. The molecule has 2 atom stereocenters. The second kappa shape index (κ2) is 5.57. The lowest BCUT2D eigenvalue weighted by Gasteiger charge is -2.37. The first-order valence-electron chi connectivity index (χ1n) is 6.69. The van der Waals surface area contributed by atoms with Gasteiger partial charge in [0.2, 0.25) is 0 Å². The molecule has 1 aromatic rings. The number of carbonyl (C=O) groups excluding carboxylic acids is 1. The van der Waals surface area contributed by atoms with E-state index in [-0.39, 0.29) is 5.91 Å². The van der Waals surface area contributed by atoms with Crippen molar-refractivity contribution in [3.8, 4) is 0 Å². The van der Waals surface area contributed by atoms with E-state index in [1.54, 1.807) is 6.26 Å². The van der Waals surface area contributed by atoms with Crippen LogP contribution in [-0.4, -0.2) is 36.5 Å². The third-order valence-electron chi connectivity index (χ3n) is 3.64. The van der Waals surface area contributed by atoms with Gasteiger partial charge in [-0.15, -0.1) is 0 Å². The molecule has 0 aliphatic carbocycles. The number of amides is 1. The van der Waals surface area contributed by atoms with Crippen LogP contribution in [0.1, 0.15) is 36.4 Å². The molecular formula is C14H22N2O2. The average Bonchev–Trinajstić information content (AvgIpc) is 2.78. The Morgan fingerprint density at radius 2 is 2.39 bits per heavy atom. The molecule has 1 fully saturated rings. The predicted octanol–water partition coefficient (Wildman–Crippen LogP) is 2.05. The largest absolute Gasteiger partial charge is 0.469 e. The highest BCUT2D eigenvalue weighted by Gasteiger charge is 2.28. The third kappa shape index (κ3) is 2.75. The van der Waals surface area contributed by atoms with E-state index in [0.29, 0.717) is 17.5 Å². The van der Waals surface area contributed by atoms with Crippen molar-refractivity contribution in [3.63, 3.8) is 0 Å². The highest BCUT2D eigenvalue weighted by molar-refractivity contribution is 5.94. The zero-order chi connectivity index (χ0) is 13.1. The van der Waals surface area contributed by atoms with Crippen LogP contribution >= 0.6 is 0 Å². The number of furan rings is 1. The number of aryl methyl sites for hydroxylation is 1. The minimum atomic E-state index is 0.0913. The van der Waals surface area contributed by atoms with Gasteiger partial charge in [-0.3, -0.25) is 4.79 Å². The van der Waals surface area contributed by atoms with Crippen LogP contribution in [0.25, 0.3) is 0 Å². The molecule has 0 spiro atoms. The molecule has 0 aromatic carbocycles. The summed E-state index contributed by atoms with van der Waals surface area (Å²) < 4.78 is 5.20. The molecule has 4 heteroatoms. The quantitative estimate of drug-likeness (QED) is 0.893. The van der Waals surface area contributed by atoms with Crippen molar-refractivity contribution in [2.75, 3.05) is 19.6 Å². The summed E-state index contributed by atoms with van der Waals surface area (Å²) in [6, 6.07) is 2.34. The highest BCUT2D eigenvalue weighted by atomic mass is 16.3. The van der Waals surface area contributed by atoms with Gasteiger partial charge in [0.1, 0.15) is 12.0 Å². The summed E-state index contributed by atoms with van der Waals surface area (Å²) in [6.07, 6.45) is 2.58. The summed E-state index contributed by atoms with van der Waals surface area (Å²) >= 11 is 0. The Labute approximate surface area is 108 Å². The number of carbonyl (C=O) groups is 1. The summed E-state index contributed by atoms with van der Waals surface area (Å²) in [5.41, 5.74) is 0.668. The molecule has 2 unspecified atom stereocenters. The molecule has 1 saturated heterocycles. The normalized spacial score (nSPS) is 24.3. The second-order valence-corrected chi connectivity index (χ2v) is 5.13. The molecule has 0 bridgehead atoms. The van der Waals surface area contributed by atoms with E-state index in [4.69, 9.17) is 4.42 Å². The van der Waals surface area contributed by atoms with Gasteiger partial charge in [-0.2, -0.15) is 0 Å². The van der Waals surface area contributed by atoms with E-state index in [2.05, 4.69) is 19.2 Å². The van der Waals surface area contributed by atoms with Crippen LogP contribution in [0.15, 0.2) is 16.7 Å². The number of hydrogen-bond donors (Lipinski definition) is 1. The molecule has 100 valence electrons. The number of rotatable bonds is 3. The first-order chi connectivity index (χ1) is 8.61. The second-order valence-electron chi connectivity index (χ2n) is 5.13. The van der Waals surface area contributed by atoms with Crippen molar-refractivity contribution in [1.29, 1.82) is 0 Å². The summed E-state index contributed by atoms with van der Waals surface area (Å²) in [5, 5.41) is 3.48. The number of hydrogen-bond acceptors (Lipinski definition) is 3. The van der Waals surface area contributed by atoms with Crippen molar-refractivity contribution in [3.05, 3.63) is 23.7 Å². The lowest BCUT2D eigenvalue weighted by Crippen LogP contribution is -2.50. The van der Waals surface area contributed by atoms with Crippen LogP contribution in [0.4, 0.5) is 0 Å². The molecule has 0 radical (unpaired) electrons. The minimum absolute atomic E-state index is 0.0913. The molecule has 1 aliphatic heterocycles. The summed E-state index contributed by atoms with van der Waals surface area (Å²) in [4.78, 5) is 14.2. The molecule has 2 heterocycles. The Morgan fingerprint density at radius 3 is 2.94 bits per heavy atom. The monoisotopic (exact) mass is 250 g/mol. The van der Waals surface area contributed by atoms with Gasteiger partial charge in [-0.25, -0.2) is 0 Å². The van der Waals surface area contributed by atoms with E-state index in [9.17, 15) is 4.79 Å². The maximum absolute atomic E-state index is 12.3. The Hall–Kier alpha value is -1.29. The first-order valence-corrected chi connectivity index (χ1v) is 6.69. The van der Waals surface area contributed by atoms with Gasteiger partial charge in [0.05, 0.1) is 5.56 Å². The van der Waals surface area contributed by atoms with E-state index in [1.165, 1.54) is 0 Å². The van der Waals surface area contributed by atoms with Crippen LogP contribution < -0.4 is 5.32 Å². The number of likely N-dealkylation sites (tertiary alicyclic amines) is 1. The van der Waals surface area contributed by atoms with Gasteiger partial charge in [-0.1, -0.05) is 13.8 Å². The van der Waals surface area contributed by atoms with Gasteiger partial charge < -0.3 is 14.6 Å². The Morgan fingerprint density at radius 1 is 1.61 bits per heavy atom. The van der Waals surface area contributed by atoms with E-state index >= 15 is 0 Å². The van der Waals surface area contributed by atoms with Crippen molar-refractivity contribution in [1.82, 2.24) is 10.2 Å². The summed E-state index contributed by atoms with van der Waals surface area (Å²) in [5.74, 6) is 1.37. The molecule has 2 rings (SSSR count). The lowest BCUT2D eigenvalue weighted by atomic mass is 9.93. The fourth-order valence-electron chi connectivity index (χ4n) is 2.63. The molecule has 1 aromatic heterocycles. The van der Waals surface area contributed by atoms with E-state index in [1.807, 2.05) is 17.9 Å². The Bertz CT molecular complexity index is 414. The molecule has 0 saturated carbocycles. The zero-order valence-electron chi connectivity index (χ0n) is 11.4. The van der Waals surface area contributed by atoms with Gasteiger partial charge in [0, 0.05) is 19.1 Å². The van der Waals surface area contributed by atoms with Crippen LogP contribution in [0.5, 0.6) is 0 Å². The molecule has 18 heavy (non-hydrogen) atoms. The number of nitrogens with zero attached hydrogens (tertiary/aromatic N) is 1. The Kier molecular flexibility index (Phi) is 4.07. The van der Waals surface area contributed by atoms with Gasteiger partial charge in [0.15, 0.2) is 0 Å². The van der Waals surface area contributed by atoms with Crippen LogP contribution in [-0.2, 0) is 0 Å². The zero-order valence-corrected chi connectivity index (χ0v) is 11.4. The third-order valence-corrected chi connectivity index (χ3v) is 3.64. The summed E-state index contributed by atoms with van der Waals surface area (Å²) in [7, 11) is 0. The van der Waals surface area contributed by atoms with Crippen molar-refractivity contribution in [2.45, 2.75) is 33.2 Å². The van der Waals surface area contributed by atoms with Gasteiger partial charge >= 0.3 is 0 Å². The maximum atomic E-state index is 12.3. The van der Waals surface area contributed by atoms with Crippen molar-refractivity contribution >= 4 is 5.91 Å². The average molecular weight is 250 g/mol. The fraction of sp³-hybridized carbons (Fsp3) is 0.643. The van der Waals surface area contributed by atoms with Crippen molar-refractivity contribution < 1.29 is 9.21 Å². The lowest BCUT2D eigenvalue weighted by molar-refractivity contribution is 0.0645. The number of piperidine rings is 1. The Balaban J connectivity index is 1.98. The summed E-state index contributed by atoms with van der Waals surface area (Å²) in [6.45, 7) is 8.82. The van der Waals surface area contributed by atoms with Gasteiger partial charge in [-0.05, 0) is 31.9 Å². The smallest absolute Gasteiger partial charge is 0.257 e. The molecular weight excluding hydrogens is 228 g/mol. The molecule has 1 N–H and O–H groups in total. The van der Waals surface area contributed by atoms with Crippen molar-refractivity contribution in [2.24, 2.45) is 5.92 Å². The highest BCUT2D eigenvalue weighted by Crippen LogP contribution is 2.19. The molecule has 1 aliphatic rings.